The molecule has 0 amide bonds. The van der Waals surface area contributed by atoms with Crippen molar-refractivity contribution in [3.63, 3.8) is 0 Å². The van der Waals surface area contributed by atoms with Gasteiger partial charge in [-0.25, -0.2) is 18.6 Å². The number of hydrogen-bond donors (Lipinski definition) is 0. The largest absolute Gasteiger partial charge is 0.462 e. The first-order valence-electron chi connectivity index (χ1n) is 4.56. The number of carbonyl (C=O) groups is 1. The van der Waals surface area contributed by atoms with E-state index in [0.29, 0.717) is 0 Å². The van der Waals surface area contributed by atoms with Gasteiger partial charge in [0.25, 0.3) is 6.43 Å². The summed E-state index contributed by atoms with van der Waals surface area (Å²) in [5.41, 5.74) is -1.59. The maximum atomic E-state index is 12.8. The molecule has 7 heteroatoms. The Labute approximate surface area is 101 Å². The van der Waals surface area contributed by atoms with Gasteiger partial charge >= 0.3 is 5.97 Å². The highest BCUT2D eigenvalue weighted by atomic mass is 35.5. The zero-order valence-electron chi connectivity index (χ0n) is 8.71. The summed E-state index contributed by atoms with van der Waals surface area (Å²) < 4.78 is 30.1. The Bertz CT molecular complexity index is 486. The molecule has 1 heterocycles. The van der Waals surface area contributed by atoms with E-state index in [1.807, 2.05) is 0 Å². The summed E-state index contributed by atoms with van der Waals surface area (Å²) in [6, 6.07) is 1.60. The zero-order chi connectivity index (χ0) is 13.0. The summed E-state index contributed by atoms with van der Waals surface area (Å²) in [5.74, 6) is -1.01. The Morgan fingerprint density at radius 2 is 2.35 bits per heavy atom. The van der Waals surface area contributed by atoms with Gasteiger partial charge in [-0.3, -0.25) is 0 Å². The van der Waals surface area contributed by atoms with E-state index in [4.69, 9.17) is 16.9 Å². The SMILES string of the molecule is CCOC(=O)c1c(C#N)cnc(Cl)c1C(F)F. The van der Waals surface area contributed by atoms with E-state index in [-0.39, 0.29) is 12.2 Å². The minimum Gasteiger partial charge on any atom is -0.462 e. The Balaban J connectivity index is 3.47. The minimum absolute atomic E-state index is 0.00627. The predicted octanol–water partition coefficient (Wildman–Crippen LogP) is 2.72. The monoisotopic (exact) mass is 260 g/mol. The van der Waals surface area contributed by atoms with Gasteiger partial charge in [0.15, 0.2) is 0 Å². The standard InChI is InChI=1S/C10H7ClF2N2O2/c1-2-17-10(16)6-5(3-14)4-15-8(11)7(6)9(12)13/h4,9H,2H2,1H3. The molecule has 1 rings (SSSR count). The highest BCUT2D eigenvalue weighted by Gasteiger charge is 2.27. The molecule has 90 valence electrons. The Hall–Kier alpha value is -1.74. The molecule has 0 aliphatic heterocycles. The van der Waals surface area contributed by atoms with Gasteiger partial charge in [0, 0.05) is 6.20 Å². The molecule has 0 aliphatic rings. The summed E-state index contributed by atoms with van der Waals surface area (Å²) in [6.07, 6.45) is -2.05. The molecule has 0 aliphatic carbocycles. The van der Waals surface area contributed by atoms with E-state index in [1.54, 1.807) is 6.07 Å². The minimum atomic E-state index is -3.01. The molecule has 1 aromatic rings. The fourth-order valence-corrected chi connectivity index (χ4v) is 1.44. The third-order valence-electron chi connectivity index (χ3n) is 1.89. The summed E-state index contributed by atoms with van der Waals surface area (Å²) in [5, 5.41) is 8.23. The predicted molar refractivity (Wildman–Crippen MR) is 54.9 cm³/mol. The number of nitriles is 1. The van der Waals surface area contributed by atoms with Gasteiger partial charge in [0.1, 0.15) is 11.2 Å². The topological polar surface area (TPSA) is 63.0 Å². The second-order valence-electron chi connectivity index (χ2n) is 2.88. The van der Waals surface area contributed by atoms with Crippen molar-refractivity contribution >= 4 is 17.6 Å². The van der Waals surface area contributed by atoms with Crippen LogP contribution in [0.1, 0.15) is 34.8 Å². The molecule has 17 heavy (non-hydrogen) atoms. The first-order chi connectivity index (χ1) is 8.02. The van der Waals surface area contributed by atoms with Crippen LogP contribution in [0, 0.1) is 11.3 Å². The molecule has 0 bridgehead atoms. The maximum absolute atomic E-state index is 12.8. The second kappa shape index (κ2) is 5.55. The smallest absolute Gasteiger partial charge is 0.340 e. The molecular formula is C10H7ClF2N2O2. The van der Waals surface area contributed by atoms with E-state index in [0.717, 1.165) is 6.20 Å². The zero-order valence-corrected chi connectivity index (χ0v) is 9.46. The second-order valence-corrected chi connectivity index (χ2v) is 3.24. The summed E-state index contributed by atoms with van der Waals surface area (Å²) >= 11 is 5.49. The maximum Gasteiger partial charge on any atom is 0.340 e. The van der Waals surface area contributed by atoms with Crippen LogP contribution in [0.25, 0.3) is 0 Å². The highest BCUT2D eigenvalue weighted by Crippen LogP contribution is 2.31. The molecule has 1 aromatic heterocycles. The van der Waals surface area contributed by atoms with Crippen LogP contribution in [0.2, 0.25) is 5.15 Å². The number of pyridine rings is 1. The van der Waals surface area contributed by atoms with Crippen molar-refractivity contribution in [1.82, 2.24) is 4.98 Å². The van der Waals surface area contributed by atoms with Crippen LogP contribution in [-0.2, 0) is 4.74 Å². The lowest BCUT2D eigenvalue weighted by Gasteiger charge is -2.10. The van der Waals surface area contributed by atoms with Crippen LogP contribution in [0.5, 0.6) is 0 Å². The normalized spacial score (nSPS) is 10.1. The Morgan fingerprint density at radius 1 is 1.71 bits per heavy atom. The fraction of sp³-hybridized carbons (Fsp3) is 0.300. The van der Waals surface area contributed by atoms with Crippen LogP contribution in [-0.4, -0.2) is 17.6 Å². The number of esters is 1. The van der Waals surface area contributed by atoms with E-state index < -0.39 is 28.7 Å². The first-order valence-corrected chi connectivity index (χ1v) is 4.94. The van der Waals surface area contributed by atoms with Gasteiger partial charge in [-0.2, -0.15) is 5.26 Å². The number of rotatable bonds is 3. The van der Waals surface area contributed by atoms with E-state index in [9.17, 15) is 13.6 Å². The van der Waals surface area contributed by atoms with Crippen LogP contribution >= 0.6 is 11.6 Å². The van der Waals surface area contributed by atoms with Crippen molar-refractivity contribution in [2.75, 3.05) is 6.61 Å². The van der Waals surface area contributed by atoms with Gasteiger partial charge < -0.3 is 4.74 Å². The third kappa shape index (κ3) is 2.68. The Kier molecular flexibility index (Phi) is 4.35. The van der Waals surface area contributed by atoms with Gasteiger partial charge in [0.2, 0.25) is 0 Å². The van der Waals surface area contributed by atoms with Crippen LogP contribution in [0.15, 0.2) is 6.20 Å². The van der Waals surface area contributed by atoms with Crippen molar-refractivity contribution in [2.45, 2.75) is 13.3 Å². The average Bonchev–Trinajstić information content (AvgIpc) is 2.28. The lowest BCUT2D eigenvalue weighted by atomic mass is 10.1. The molecule has 0 saturated carbocycles. The van der Waals surface area contributed by atoms with Crippen molar-refractivity contribution in [3.05, 3.63) is 28.0 Å². The highest BCUT2D eigenvalue weighted by molar-refractivity contribution is 6.30. The molecule has 0 atom stereocenters. The molecule has 0 saturated heterocycles. The van der Waals surface area contributed by atoms with Gasteiger partial charge in [-0.15, -0.1) is 0 Å². The number of alkyl halides is 2. The Morgan fingerprint density at radius 3 is 2.82 bits per heavy atom. The number of ether oxygens (including phenoxy) is 1. The molecule has 0 spiro atoms. The number of nitrogens with zero attached hydrogens (tertiary/aromatic N) is 2. The van der Waals surface area contributed by atoms with E-state index in [2.05, 4.69) is 9.72 Å². The van der Waals surface area contributed by atoms with Crippen LogP contribution in [0.4, 0.5) is 8.78 Å². The fourth-order valence-electron chi connectivity index (χ4n) is 1.21. The molecule has 4 nitrogen and oxygen atoms in total. The molecule has 0 fully saturated rings. The molecule has 0 unspecified atom stereocenters. The number of halogens is 3. The van der Waals surface area contributed by atoms with Crippen molar-refractivity contribution < 1.29 is 18.3 Å². The lowest BCUT2D eigenvalue weighted by Crippen LogP contribution is -2.12. The third-order valence-corrected chi connectivity index (χ3v) is 2.19. The van der Waals surface area contributed by atoms with Crippen molar-refractivity contribution in [1.29, 1.82) is 5.26 Å². The van der Waals surface area contributed by atoms with Gasteiger partial charge in [0.05, 0.1) is 23.3 Å². The number of aromatic nitrogens is 1. The molecule has 0 N–H and O–H groups in total. The van der Waals surface area contributed by atoms with Gasteiger partial charge in [-0.05, 0) is 6.92 Å². The summed E-state index contributed by atoms with van der Waals surface area (Å²) in [7, 11) is 0. The van der Waals surface area contributed by atoms with E-state index >= 15 is 0 Å². The van der Waals surface area contributed by atoms with E-state index in [1.165, 1.54) is 6.92 Å². The van der Waals surface area contributed by atoms with Crippen molar-refractivity contribution in [3.8, 4) is 6.07 Å². The molecular weight excluding hydrogens is 254 g/mol. The van der Waals surface area contributed by atoms with Crippen molar-refractivity contribution in [2.24, 2.45) is 0 Å². The first kappa shape index (κ1) is 13.3. The number of carbonyl (C=O) groups excluding carboxylic acids is 1. The molecule has 0 aromatic carbocycles. The van der Waals surface area contributed by atoms with Crippen LogP contribution in [0.3, 0.4) is 0 Å². The summed E-state index contributed by atoms with van der Waals surface area (Å²) in [4.78, 5) is 14.9. The summed E-state index contributed by atoms with van der Waals surface area (Å²) in [6.45, 7) is 1.53. The lowest BCUT2D eigenvalue weighted by molar-refractivity contribution is 0.0514. The molecule has 0 radical (unpaired) electrons. The number of hydrogen-bond acceptors (Lipinski definition) is 4. The average molecular weight is 261 g/mol. The van der Waals surface area contributed by atoms with Gasteiger partial charge in [-0.1, -0.05) is 11.6 Å². The quantitative estimate of drug-likeness (QED) is 0.619. The van der Waals surface area contributed by atoms with Crippen LogP contribution < -0.4 is 0 Å².